The van der Waals surface area contributed by atoms with Crippen molar-refractivity contribution in [3.05, 3.63) is 54.6 Å². The van der Waals surface area contributed by atoms with Crippen molar-refractivity contribution >= 4 is 5.69 Å². The van der Waals surface area contributed by atoms with Crippen molar-refractivity contribution in [3.8, 4) is 11.5 Å². The van der Waals surface area contributed by atoms with Gasteiger partial charge in [0.15, 0.2) is 5.75 Å². The van der Waals surface area contributed by atoms with Gasteiger partial charge in [-0.3, -0.25) is 0 Å². The van der Waals surface area contributed by atoms with Gasteiger partial charge in [-0.05, 0) is 38.1 Å². The Kier molecular flexibility index (Phi) is 3.84. The van der Waals surface area contributed by atoms with E-state index in [-0.39, 0.29) is 5.54 Å². The topological polar surface area (TPSA) is 24.5 Å². The summed E-state index contributed by atoms with van der Waals surface area (Å²) in [4.78, 5) is 2.40. The minimum absolute atomic E-state index is 0.123. The van der Waals surface area contributed by atoms with Crippen LogP contribution < -0.4 is 15.0 Å². The maximum Gasteiger partial charge on any atom is 0.150 e. The highest BCUT2D eigenvalue weighted by atomic mass is 16.5. The van der Waals surface area contributed by atoms with Crippen LogP contribution in [0.15, 0.2) is 54.6 Å². The monoisotopic (exact) mass is 282 g/mol. The summed E-state index contributed by atoms with van der Waals surface area (Å²) in [6.45, 7) is 7.44. The van der Waals surface area contributed by atoms with Crippen LogP contribution in [0.5, 0.6) is 11.5 Å². The summed E-state index contributed by atoms with van der Waals surface area (Å²) in [5.41, 5.74) is 1.29. The van der Waals surface area contributed by atoms with E-state index >= 15 is 0 Å². The number of anilines is 1. The molecule has 1 fully saturated rings. The van der Waals surface area contributed by atoms with Gasteiger partial charge in [-0.15, -0.1) is 0 Å². The Labute approximate surface area is 126 Å². The number of ether oxygens (including phenoxy) is 1. The first-order valence-electron chi connectivity index (χ1n) is 7.46. The van der Waals surface area contributed by atoms with Crippen molar-refractivity contribution < 1.29 is 4.74 Å². The van der Waals surface area contributed by atoms with Gasteiger partial charge in [-0.1, -0.05) is 30.3 Å². The Morgan fingerprint density at radius 2 is 1.71 bits per heavy atom. The molecule has 1 aliphatic rings. The van der Waals surface area contributed by atoms with Crippen molar-refractivity contribution in [3.63, 3.8) is 0 Å². The van der Waals surface area contributed by atoms with Gasteiger partial charge >= 0.3 is 0 Å². The van der Waals surface area contributed by atoms with Crippen molar-refractivity contribution in [2.45, 2.75) is 19.4 Å². The Morgan fingerprint density at radius 3 is 2.48 bits per heavy atom. The van der Waals surface area contributed by atoms with Gasteiger partial charge in [0.1, 0.15) is 5.75 Å². The van der Waals surface area contributed by atoms with E-state index in [1.165, 1.54) is 0 Å². The van der Waals surface area contributed by atoms with Crippen molar-refractivity contribution in [2.75, 3.05) is 24.5 Å². The molecule has 3 rings (SSSR count). The highest BCUT2D eigenvalue weighted by Crippen LogP contribution is 2.33. The normalized spacial score (nSPS) is 17.5. The van der Waals surface area contributed by atoms with E-state index in [0.717, 1.165) is 36.8 Å². The molecule has 0 radical (unpaired) electrons. The first-order chi connectivity index (χ1) is 10.1. The van der Waals surface area contributed by atoms with Gasteiger partial charge in [0.05, 0.1) is 5.69 Å². The molecule has 1 heterocycles. The molecule has 1 saturated heterocycles. The summed E-state index contributed by atoms with van der Waals surface area (Å²) in [6.07, 6.45) is 0. The van der Waals surface area contributed by atoms with E-state index in [1.54, 1.807) is 0 Å². The number of benzene rings is 2. The second-order valence-corrected chi connectivity index (χ2v) is 6.12. The van der Waals surface area contributed by atoms with E-state index in [4.69, 9.17) is 4.74 Å². The molecule has 0 amide bonds. The van der Waals surface area contributed by atoms with Crippen LogP contribution in [0.2, 0.25) is 0 Å². The van der Waals surface area contributed by atoms with Crippen molar-refractivity contribution in [1.82, 2.24) is 5.32 Å². The third-order valence-corrected chi connectivity index (χ3v) is 3.75. The van der Waals surface area contributed by atoms with Gasteiger partial charge in [-0.25, -0.2) is 0 Å². The maximum atomic E-state index is 6.07. The zero-order chi connectivity index (χ0) is 14.7. The average molecular weight is 282 g/mol. The molecule has 1 N–H and O–H groups in total. The fourth-order valence-corrected chi connectivity index (χ4v) is 2.77. The number of nitrogens with zero attached hydrogens (tertiary/aromatic N) is 1. The lowest BCUT2D eigenvalue weighted by molar-refractivity contribution is 0.351. The summed E-state index contributed by atoms with van der Waals surface area (Å²) < 4.78 is 6.07. The number of hydrogen-bond donors (Lipinski definition) is 1. The SMILES string of the molecule is CC1(C)CN(c2ccccc2Oc2ccccc2)CCN1. The molecule has 110 valence electrons. The third kappa shape index (κ3) is 3.37. The standard InChI is InChI=1S/C18H22N2O/c1-18(2)14-20(13-12-19-18)16-10-6-7-11-17(16)21-15-8-4-3-5-9-15/h3-11,19H,12-14H2,1-2H3. The van der Waals surface area contributed by atoms with E-state index in [9.17, 15) is 0 Å². The zero-order valence-corrected chi connectivity index (χ0v) is 12.7. The quantitative estimate of drug-likeness (QED) is 0.929. The van der Waals surface area contributed by atoms with Crippen LogP contribution in [0.1, 0.15) is 13.8 Å². The zero-order valence-electron chi connectivity index (χ0n) is 12.7. The van der Waals surface area contributed by atoms with Crippen LogP contribution in [-0.2, 0) is 0 Å². The molecule has 0 spiro atoms. The molecule has 1 aliphatic heterocycles. The Bertz CT molecular complexity index is 595. The minimum Gasteiger partial charge on any atom is -0.455 e. The summed E-state index contributed by atoms with van der Waals surface area (Å²) >= 11 is 0. The van der Waals surface area contributed by atoms with Gasteiger partial charge in [-0.2, -0.15) is 0 Å². The summed E-state index contributed by atoms with van der Waals surface area (Å²) in [7, 11) is 0. The second-order valence-electron chi connectivity index (χ2n) is 6.12. The lowest BCUT2D eigenvalue weighted by atomic mass is 10.0. The largest absolute Gasteiger partial charge is 0.455 e. The van der Waals surface area contributed by atoms with Gasteiger partial charge in [0.25, 0.3) is 0 Å². The molecule has 3 nitrogen and oxygen atoms in total. The molecular formula is C18H22N2O. The highest BCUT2D eigenvalue weighted by molar-refractivity contribution is 5.60. The van der Waals surface area contributed by atoms with E-state index in [2.05, 4.69) is 36.2 Å². The van der Waals surface area contributed by atoms with Crippen molar-refractivity contribution in [1.29, 1.82) is 0 Å². The van der Waals surface area contributed by atoms with E-state index in [0.29, 0.717) is 0 Å². The smallest absolute Gasteiger partial charge is 0.150 e. The molecule has 0 saturated carbocycles. The van der Waals surface area contributed by atoms with Crippen LogP contribution in [-0.4, -0.2) is 25.2 Å². The van der Waals surface area contributed by atoms with E-state index < -0.39 is 0 Å². The second kappa shape index (κ2) is 5.78. The predicted octanol–water partition coefficient (Wildman–Crippen LogP) is 3.67. The molecule has 0 aliphatic carbocycles. The molecule has 2 aromatic carbocycles. The van der Waals surface area contributed by atoms with Crippen LogP contribution in [0, 0.1) is 0 Å². The lowest BCUT2D eigenvalue weighted by Gasteiger charge is -2.40. The predicted molar refractivity (Wildman–Crippen MR) is 87.3 cm³/mol. The van der Waals surface area contributed by atoms with E-state index in [1.807, 2.05) is 42.5 Å². The number of rotatable bonds is 3. The highest BCUT2D eigenvalue weighted by Gasteiger charge is 2.27. The first-order valence-corrected chi connectivity index (χ1v) is 7.46. The molecule has 2 aromatic rings. The van der Waals surface area contributed by atoms with Crippen LogP contribution in [0.4, 0.5) is 5.69 Å². The number of para-hydroxylation sites is 3. The number of piperazine rings is 1. The molecule has 21 heavy (non-hydrogen) atoms. The molecule has 0 unspecified atom stereocenters. The maximum absolute atomic E-state index is 6.07. The number of hydrogen-bond acceptors (Lipinski definition) is 3. The third-order valence-electron chi connectivity index (χ3n) is 3.75. The minimum atomic E-state index is 0.123. The Balaban J connectivity index is 1.86. The lowest BCUT2D eigenvalue weighted by Crippen LogP contribution is -2.57. The molecule has 0 bridgehead atoms. The molecule has 0 aromatic heterocycles. The van der Waals surface area contributed by atoms with Gasteiger partial charge < -0.3 is 15.0 Å². The average Bonchev–Trinajstić information content (AvgIpc) is 2.48. The molecule has 0 atom stereocenters. The summed E-state index contributed by atoms with van der Waals surface area (Å²) in [5.74, 6) is 1.79. The number of nitrogens with one attached hydrogen (secondary N) is 1. The Hall–Kier alpha value is -2.00. The molecule has 3 heteroatoms. The van der Waals surface area contributed by atoms with Gasteiger partial charge in [0, 0.05) is 25.2 Å². The van der Waals surface area contributed by atoms with Gasteiger partial charge in [0.2, 0.25) is 0 Å². The van der Waals surface area contributed by atoms with Crippen LogP contribution in [0.25, 0.3) is 0 Å². The fourth-order valence-electron chi connectivity index (χ4n) is 2.77. The van der Waals surface area contributed by atoms with Crippen LogP contribution in [0.3, 0.4) is 0 Å². The summed E-state index contributed by atoms with van der Waals surface area (Å²) in [6, 6.07) is 18.2. The fraction of sp³-hybridized carbons (Fsp3) is 0.333. The summed E-state index contributed by atoms with van der Waals surface area (Å²) in [5, 5.41) is 3.54. The van der Waals surface area contributed by atoms with Crippen LogP contribution >= 0.6 is 0 Å². The van der Waals surface area contributed by atoms with Crippen molar-refractivity contribution in [2.24, 2.45) is 0 Å². The first kappa shape index (κ1) is 14.0. The molecular weight excluding hydrogens is 260 g/mol. The Morgan fingerprint density at radius 1 is 1.00 bits per heavy atom.